The molecule has 3 heterocycles. The number of H-pyrrole nitrogens is 1. The van der Waals surface area contributed by atoms with E-state index in [2.05, 4.69) is 26.3 Å². The topological polar surface area (TPSA) is 115 Å². The molecule has 1 saturated heterocycles. The maximum atomic E-state index is 13.3. The summed E-state index contributed by atoms with van der Waals surface area (Å²) in [6, 6.07) is 1.57. The number of amides is 2. The summed E-state index contributed by atoms with van der Waals surface area (Å²) >= 11 is 0. The van der Waals surface area contributed by atoms with Gasteiger partial charge in [-0.15, -0.1) is 0 Å². The van der Waals surface area contributed by atoms with Crippen LogP contribution in [0.4, 0.5) is 0 Å². The fourth-order valence-corrected chi connectivity index (χ4v) is 3.98. The van der Waals surface area contributed by atoms with Gasteiger partial charge < -0.3 is 15.2 Å². The van der Waals surface area contributed by atoms with Crippen LogP contribution in [0.1, 0.15) is 68.4 Å². The van der Waals surface area contributed by atoms with Crippen molar-refractivity contribution in [2.75, 3.05) is 13.1 Å². The van der Waals surface area contributed by atoms with Gasteiger partial charge in [0.2, 0.25) is 5.91 Å². The van der Waals surface area contributed by atoms with Crippen molar-refractivity contribution in [3.8, 4) is 6.07 Å². The fraction of sp³-hybridized carbons (Fsp3) is 0.591. The minimum atomic E-state index is -0.702. The average Bonchev–Trinajstić information content (AvgIpc) is 3.49. The second-order valence-electron chi connectivity index (χ2n) is 9.49. The van der Waals surface area contributed by atoms with Crippen LogP contribution in [0, 0.1) is 22.7 Å². The normalized spacial score (nSPS) is 20.6. The molecule has 2 aromatic rings. The van der Waals surface area contributed by atoms with E-state index in [9.17, 15) is 14.9 Å². The smallest absolute Gasteiger partial charge is 0.255 e. The Balaban J connectivity index is 1.57. The number of hydrogen-bond acceptors (Lipinski definition) is 5. The molecule has 1 aliphatic heterocycles. The Kier molecular flexibility index (Phi) is 5.22. The van der Waals surface area contributed by atoms with Crippen LogP contribution in [0.3, 0.4) is 0 Å². The first-order chi connectivity index (χ1) is 14.3. The quantitative estimate of drug-likeness (QED) is 0.807. The molecule has 158 valence electrons. The molecule has 30 heavy (non-hydrogen) atoms. The Morgan fingerprint density at radius 2 is 2.10 bits per heavy atom. The maximum absolute atomic E-state index is 13.3. The molecular formula is C22H28N6O2. The molecule has 0 aromatic carbocycles. The predicted octanol–water partition coefficient (Wildman–Crippen LogP) is 2.74. The molecule has 2 N–H and O–H groups in total. The van der Waals surface area contributed by atoms with E-state index in [4.69, 9.17) is 0 Å². The lowest BCUT2D eigenvalue weighted by atomic mass is 9.85. The van der Waals surface area contributed by atoms with Crippen LogP contribution in [-0.4, -0.2) is 50.8 Å². The van der Waals surface area contributed by atoms with Gasteiger partial charge in [-0.3, -0.25) is 9.59 Å². The van der Waals surface area contributed by atoms with Gasteiger partial charge in [0.25, 0.3) is 5.91 Å². The molecule has 2 aromatic heterocycles. The van der Waals surface area contributed by atoms with Gasteiger partial charge in [0.1, 0.15) is 11.6 Å². The third-order valence-electron chi connectivity index (χ3n) is 5.94. The van der Waals surface area contributed by atoms with Gasteiger partial charge in [0.15, 0.2) is 5.65 Å². The zero-order chi connectivity index (χ0) is 21.5. The molecule has 0 radical (unpaired) electrons. The van der Waals surface area contributed by atoms with Crippen molar-refractivity contribution in [3.63, 3.8) is 0 Å². The summed E-state index contributed by atoms with van der Waals surface area (Å²) < 4.78 is 0. The van der Waals surface area contributed by atoms with Gasteiger partial charge in [0.05, 0.1) is 29.4 Å². The third-order valence-corrected chi connectivity index (χ3v) is 5.94. The van der Waals surface area contributed by atoms with Crippen molar-refractivity contribution < 1.29 is 9.59 Å². The van der Waals surface area contributed by atoms with Gasteiger partial charge in [-0.25, -0.2) is 9.97 Å². The molecule has 4 rings (SSSR count). The van der Waals surface area contributed by atoms with Crippen LogP contribution in [0.25, 0.3) is 11.2 Å². The van der Waals surface area contributed by atoms with Gasteiger partial charge >= 0.3 is 0 Å². The minimum Gasteiger partial charge on any atom is -0.344 e. The third kappa shape index (κ3) is 4.02. The SMILES string of the molecule is CC(C)(C)[C@@H](NC(=O)c1c[nH]c2ncc(C3CC3)nc12)C(=O)N1CCCC(C#N)C1. The molecule has 1 aliphatic carbocycles. The highest BCUT2D eigenvalue weighted by Crippen LogP contribution is 2.39. The number of aromatic nitrogens is 3. The van der Waals surface area contributed by atoms with E-state index in [1.807, 2.05) is 20.8 Å². The summed E-state index contributed by atoms with van der Waals surface area (Å²) in [7, 11) is 0. The van der Waals surface area contributed by atoms with E-state index in [1.54, 1.807) is 17.3 Å². The second kappa shape index (κ2) is 7.71. The summed E-state index contributed by atoms with van der Waals surface area (Å²) in [5, 5.41) is 12.2. The molecule has 2 atom stereocenters. The Hall–Kier alpha value is -2.95. The summed E-state index contributed by atoms with van der Waals surface area (Å²) in [5.74, 6) is -0.196. The fourth-order valence-electron chi connectivity index (χ4n) is 3.98. The Bertz CT molecular complexity index is 1010. The number of likely N-dealkylation sites (tertiary alicyclic amines) is 1. The Morgan fingerprint density at radius 1 is 1.33 bits per heavy atom. The van der Waals surface area contributed by atoms with E-state index in [0.717, 1.165) is 31.4 Å². The van der Waals surface area contributed by atoms with Crippen LogP contribution in [-0.2, 0) is 4.79 Å². The summed E-state index contributed by atoms with van der Waals surface area (Å²) in [4.78, 5) is 40.2. The van der Waals surface area contributed by atoms with Crippen molar-refractivity contribution in [1.29, 1.82) is 5.26 Å². The number of nitrogens with one attached hydrogen (secondary N) is 2. The van der Waals surface area contributed by atoms with E-state index in [1.165, 1.54) is 0 Å². The van der Waals surface area contributed by atoms with Crippen molar-refractivity contribution in [3.05, 3.63) is 23.7 Å². The van der Waals surface area contributed by atoms with Crippen LogP contribution in [0.15, 0.2) is 12.4 Å². The number of rotatable bonds is 4. The zero-order valence-corrected chi connectivity index (χ0v) is 17.7. The summed E-state index contributed by atoms with van der Waals surface area (Å²) in [6.07, 6.45) is 7.19. The average molecular weight is 409 g/mol. The number of nitrogens with zero attached hydrogens (tertiary/aromatic N) is 4. The van der Waals surface area contributed by atoms with Crippen LogP contribution < -0.4 is 5.32 Å². The van der Waals surface area contributed by atoms with E-state index in [0.29, 0.717) is 35.7 Å². The van der Waals surface area contributed by atoms with Crippen LogP contribution >= 0.6 is 0 Å². The lowest BCUT2D eigenvalue weighted by molar-refractivity contribution is -0.137. The summed E-state index contributed by atoms with van der Waals surface area (Å²) in [6.45, 7) is 6.83. The van der Waals surface area contributed by atoms with Gasteiger partial charge in [0, 0.05) is 25.2 Å². The van der Waals surface area contributed by atoms with Crippen molar-refractivity contribution in [2.45, 2.75) is 58.4 Å². The Labute approximate surface area is 176 Å². The number of aromatic amines is 1. The van der Waals surface area contributed by atoms with Crippen LogP contribution in [0.2, 0.25) is 0 Å². The minimum absolute atomic E-state index is 0.139. The first-order valence-electron chi connectivity index (χ1n) is 10.6. The molecule has 8 nitrogen and oxygen atoms in total. The summed E-state index contributed by atoms with van der Waals surface area (Å²) in [5.41, 5.74) is 1.94. The number of nitriles is 1. The van der Waals surface area contributed by atoms with Crippen molar-refractivity contribution in [2.24, 2.45) is 11.3 Å². The van der Waals surface area contributed by atoms with E-state index >= 15 is 0 Å². The second-order valence-corrected chi connectivity index (χ2v) is 9.49. The monoisotopic (exact) mass is 408 g/mol. The molecule has 0 spiro atoms. The predicted molar refractivity (Wildman–Crippen MR) is 111 cm³/mol. The molecule has 1 unspecified atom stereocenters. The van der Waals surface area contributed by atoms with Gasteiger partial charge in [-0.2, -0.15) is 5.26 Å². The molecule has 0 bridgehead atoms. The zero-order valence-electron chi connectivity index (χ0n) is 17.7. The molecule has 2 amide bonds. The first-order valence-corrected chi connectivity index (χ1v) is 10.6. The number of piperidine rings is 1. The van der Waals surface area contributed by atoms with Gasteiger partial charge in [-0.05, 0) is 31.1 Å². The molecule has 2 aliphatic rings. The number of carbonyl (C=O) groups is 2. The largest absolute Gasteiger partial charge is 0.344 e. The first kappa shape index (κ1) is 20.3. The molecule has 2 fully saturated rings. The van der Waals surface area contributed by atoms with Crippen molar-refractivity contribution in [1.82, 2.24) is 25.2 Å². The Morgan fingerprint density at radius 3 is 2.77 bits per heavy atom. The van der Waals surface area contributed by atoms with E-state index < -0.39 is 11.5 Å². The lowest BCUT2D eigenvalue weighted by Gasteiger charge is -2.37. The molecular weight excluding hydrogens is 380 g/mol. The maximum Gasteiger partial charge on any atom is 0.255 e. The highest BCUT2D eigenvalue weighted by atomic mass is 16.2. The lowest BCUT2D eigenvalue weighted by Crippen LogP contribution is -2.56. The van der Waals surface area contributed by atoms with Gasteiger partial charge in [-0.1, -0.05) is 20.8 Å². The highest BCUT2D eigenvalue weighted by Gasteiger charge is 2.38. The van der Waals surface area contributed by atoms with Crippen molar-refractivity contribution >= 4 is 23.0 Å². The van der Waals surface area contributed by atoms with E-state index in [-0.39, 0.29) is 17.7 Å². The van der Waals surface area contributed by atoms with Crippen LogP contribution in [0.5, 0.6) is 0 Å². The number of carbonyl (C=O) groups excluding carboxylic acids is 2. The number of hydrogen-bond donors (Lipinski definition) is 2. The highest BCUT2D eigenvalue weighted by molar-refractivity contribution is 6.06. The standard InChI is InChI=1S/C22H28N6O2/c1-22(2,3)18(21(30)28-8-4-5-13(9-23)12-28)27-20(29)15-10-24-19-17(15)26-16(11-25-19)14-6-7-14/h10-11,13-14,18H,4-8,12H2,1-3H3,(H,24,25)(H,27,29)/t13?,18-/m0/s1. The molecule has 8 heteroatoms. The number of fused-ring (bicyclic) bond motifs is 1. The molecule has 1 saturated carbocycles.